The van der Waals surface area contributed by atoms with Crippen LogP contribution in [0.25, 0.3) is 0 Å². The maximum atomic E-state index is 13.6. The van der Waals surface area contributed by atoms with Crippen molar-refractivity contribution in [1.82, 2.24) is 4.98 Å². The van der Waals surface area contributed by atoms with E-state index in [2.05, 4.69) is 4.98 Å². The maximum Gasteiger partial charge on any atom is 0.128 e. The monoisotopic (exact) mass is 259 g/mol. The summed E-state index contributed by atoms with van der Waals surface area (Å²) in [4.78, 5) is 6.26. The lowest BCUT2D eigenvalue weighted by molar-refractivity contribution is 0.607. The number of nitrogens with zero attached hydrogens (tertiary/aromatic N) is 2. The third kappa shape index (κ3) is 3.29. The number of hydrogen-bond donors (Lipinski definition) is 1. The number of nitrogens with two attached hydrogens (primary N) is 1. The Balaban J connectivity index is 2.12. The van der Waals surface area contributed by atoms with Crippen molar-refractivity contribution in [3.05, 3.63) is 59.5 Å². The van der Waals surface area contributed by atoms with E-state index in [9.17, 15) is 4.39 Å². The molecule has 1 aromatic carbocycles. The van der Waals surface area contributed by atoms with Crippen LogP contribution in [0, 0.1) is 5.82 Å². The zero-order valence-electron chi connectivity index (χ0n) is 11.2. The van der Waals surface area contributed by atoms with E-state index in [1.165, 1.54) is 6.07 Å². The molecule has 3 nitrogen and oxygen atoms in total. The first-order chi connectivity index (χ1) is 9.08. The van der Waals surface area contributed by atoms with Crippen LogP contribution in [0.3, 0.4) is 0 Å². The van der Waals surface area contributed by atoms with Gasteiger partial charge in [-0.25, -0.2) is 9.37 Å². The van der Waals surface area contributed by atoms with Gasteiger partial charge in [-0.3, -0.25) is 0 Å². The zero-order chi connectivity index (χ0) is 13.8. The Bertz CT molecular complexity index is 537. The number of rotatable bonds is 4. The minimum Gasteiger partial charge on any atom is -0.355 e. The molecule has 1 atom stereocenters. The molecule has 0 radical (unpaired) electrons. The van der Waals surface area contributed by atoms with Gasteiger partial charge in [0.15, 0.2) is 0 Å². The smallest absolute Gasteiger partial charge is 0.128 e. The third-order valence-electron chi connectivity index (χ3n) is 3.05. The first-order valence-corrected chi connectivity index (χ1v) is 6.24. The highest BCUT2D eigenvalue weighted by Crippen LogP contribution is 2.16. The molecular weight excluding hydrogens is 241 g/mol. The number of halogens is 1. The minimum absolute atomic E-state index is 0.0292. The Hall–Kier alpha value is -1.94. The summed E-state index contributed by atoms with van der Waals surface area (Å²) in [5.41, 5.74) is 7.42. The van der Waals surface area contributed by atoms with Crippen molar-refractivity contribution >= 4 is 5.82 Å². The molecule has 1 aromatic heterocycles. The van der Waals surface area contributed by atoms with Crippen LogP contribution in [0.1, 0.15) is 24.1 Å². The summed E-state index contributed by atoms with van der Waals surface area (Å²) in [6, 6.07) is 10.6. The number of pyridine rings is 1. The Morgan fingerprint density at radius 2 is 2.00 bits per heavy atom. The number of anilines is 1. The summed E-state index contributed by atoms with van der Waals surface area (Å²) in [7, 11) is 1.89. The molecule has 0 aliphatic carbocycles. The van der Waals surface area contributed by atoms with Crippen molar-refractivity contribution in [3.63, 3.8) is 0 Å². The van der Waals surface area contributed by atoms with Gasteiger partial charge in [0.25, 0.3) is 0 Å². The van der Waals surface area contributed by atoms with E-state index >= 15 is 0 Å². The molecule has 19 heavy (non-hydrogen) atoms. The van der Waals surface area contributed by atoms with Crippen LogP contribution in [-0.2, 0) is 6.54 Å². The lowest BCUT2D eigenvalue weighted by atomic mass is 10.1. The summed E-state index contributed by atoms with van der Waals surface area (Å²) in [5.74, 6) is 0.606. The van der Waals surface area contributed by atoms with Gasteiger partial charge in [0.1, 0.15) is 11.6 Å². The fraction of sp³-hybridized carbons (Fsp3) is 0.267. The molecule has 100 valence electrons. The van der Waals surface area contributed by atoms with E-state index in [1.54, 1.807) is 18.3 Å². The predicted octanol–water partition coefficient (Wildman–Crippen LogP) is 2.88. The van der Waals surface area contributed by atoms with Gasteiger partial charge in [-0.05, 0) is 24.6 Å². The Morgan fingerprint density at radius 1 is 1.26 bits per heavy atom. The normalized spacial score (nSPS) is 12.2. The van der Waals surface area contributed by atoms with E-state index < -0.39 is 0 Å². The molecule has 0 fully saturated rings. The van der Waals surface area contributed by atoms with Crippen molar-refractivity contribution in [1.29, 1.82) is 0 Å². The molecule has 1 unspecified atom stereocenters. The van der Waals surface area contributed by atoms with Crippen LogP contribution in [-0.4, -0.2) is 12.0 Å². The summed E-state index contributed by atoms with van der Waals surface area (Å²) < 4.78 is 13.6. The summed E-state index contributed by atoms with van der Waals surface area (Å²) in [6.07, 6.45) is 1.76. The summed E-state index contributed by atoms with van der Waals surface area (Å²) in [6.45, 7) is 2.40. The first kappa shape index (κ1) is 13.5. The minimum atomic E-state index is -0.193. The van der Waals surface area contributed by atoms with Crippen LogP contribution in [0.4, 0.5) is 10.2 Å². The number of aromatic nitrogens is 1. The predicted molar refractivity (Wildman–Crippen MR) is 75.3 cm³/mol. The van der Waals surface area contributed by atoms with E-state index in [0.717, 1.165) is 11.4 Å². The second-order valence-corrected chi connectivity index (χ2v) is 4.69. The second-order valence-electron chi connectivity index (χ2n) is 4.69. The van der Waals surface area contributed by atoms with Gasteiger partial charge in [0.05, 0.1) is 0 Å². The Kier molecular flexibility index (Phi) is 4.12. The Morgan fingerprint density at radius 3 is 2.58 bits per heavy atom. The van der Waals surface area contributed by atoms with Gasteiger partial charge in [0, 0.05) is 31.4 Å². The molecule has 0 aliphatic rings. The van der Waals surface area contributed by atoms with Crippen molar-refractivity contribution in [2.45, 2.75) is 19.5 Å². The van der Waals surface area contributed by atoms with Crippen molar-refractivity contribution < 1.29 is 4.39 Å². The lowest BCUT2D eigenvalue weighted by Crippen LogP contribution is -2.18. The zero-order valence-corrected chi connectivity index (χ0v) is 11.2. The molecule has 2 aromatic rings. The number of benzene rings is 1. The van der Waals surface area contributed by atoms with E-state index in [4.69, 9.17) is 5.73 Å². The maximum absolute atomic E-state index is 13.6. The van der Waals surface area contributed by atoms with Gasteiger partial charge in [0.2, 0.25) is 0 Å². The average Bonchev–Trinajstić information content (AvgIpc) is 2.41. The lowest BCUT2D eigenvalue weighted by Gasteiger charge is -2.19. The molecule has 0 amide bonds. The van der Waals surface area contributed by atoms with E-state index in [0.29, 0.717) is 12.1 Å². The van der Waals surface area contributed by atoms with Crippen molar-refractivity contribution in [3.8, 4) is 0 Å². The highest BCUT2D eigenvalue weighted by Gasteiger charge is 2.07. The molecule has 4 heteroatoms. The fourth-order valence-electron chi connectivity index (χ4n) is 1.86. The topological polar surface area (TPSA) is 42.1 Å². The molecule has 2 rings (SSSR count). The molecule has 0 spiro atoms. The highest BCUT2D eigenvalue weighted by molar-refractivity contribution is 5.40. The van der Waals surface area contributed by atoms with E-state index in [-0.39, 0.29) is 11.9 Å². The molecule has 2 N–H and O–H groups in total. The quantitative estimate of drug-likeness (QED) is 0.918. The second kappa shape index (κ2) is 5.80. The average molecular weight is 259 g/mol. The van der Waals surface area contributed by atoms with Crippen molar-refractivity contribution in [2.24, 2.45) is 5.73 Å². The summed E-state index contributed by atoms with van der Waals surface area (Å²) >= 11 is 0. The van der Waals surface area contributed by atoms with Gasteiger partial charge in [-0.1, -0.05) is 24.3 Å². The Labute approximate surface area is 112 Å². The van der Waals surface area contributed by atoms with Crippen LogP contribution < -0.4 is 10.6 Å². The summed E-state index contributed by atoms with van der Waals surface area (Å²) in [5, 5.41) is 0. The van der Waals surface area contributed by atoms with Crippen LogP contribution in [0.5, 0.6) is 0 Å². The van der Waals surface area contributed by atoms with E-state index in [1.807, 2.05) is 37.1 Å². The third-order valence-corrected chi connectivity index (χ3v) is 3.05. The molecule has 0 saturated heterocycles. The van der Waals surface area contributed by atoms with Crippen LogP contribution in [0.2, 0.25) is 0 Å². The SMILES string of the molecule is CC(N)c1ccc(N(C)Cc2ccccc2F)nc1. The van der Waals surface area contributed by atoms with Crippen LogP contribution in [0.15, 0.2) is 42.6 Å². The molecule has 0 bridgehead atoms. The largest absolute Gasteiger partial charge is 0.355 e. The number of hydrogen-bond acceptors (Lipinski definition) is 3. The highest BCUT2D eigenvalue weighted by atomic mass is 19.1. The fourth-order valence-corrected chi connectivity index (χ4v) is 1.86. The molecule has 1 heterocycles. The standard InChI is InChI=1S/C15H18FN3/c1-11(17)12-7-8-15(18-9-12)19(2)10-13-5-3-4-6-14(13)16/h3-9,11H,10,17H2,1-2H3. The van der Waals surface area contributed by atoms with Gasteiger partial charge >= 0.3 is 0 Å². The van der Waals surface area contributed by atoms with Gasteiger partial charge in [-0.2, -0.15) is 0 Å². The van der Waals surface area contributed by atoms with Crippen molar-refractivity contribution in [2.75, 3.05) is 11.9 Å². The van der Waals surface area contributed by atoms with Crippen LogP contribution >= 0.6 is 0 Å². The molecule has 0 aliphatic heterocycles. The first-order valence-electron chi connectivity index (χ1n) is 6.24. The molecular formula is C15H18FN3. The van der Waals surface area contributed by atoms with Gasteiger partial charge in [-0.15, -0.1) is 0 Å². The van der Waals surface area contributed by atoms with Gasteiger partial charge < -0.3 is 10.6 Å². The molecule has 0 saturated carbocycles.